The first-order valence-corrected chi connectivity index (χ1v) is 9.42. The predicted molar refractivity (Wildman–Crippen MR) is 114 cm³/mol. The molecule has 3 aromatic rings. The zero-order valence-electron chi connectivity index (χ0n) is 16.5. The lowest BCUT2D eigenvalue weighted by molar-refractivity contribution is 0.0941. The molecule has 1 atom stereocenters. The molecular weight excluding hydrogens is 364 g/mol. The van der Waals surface area contributed by atoms with Gasteiger partial charge in [-0.3, -0.25) is 9.59 Å². The maximum absolute atomic E-state index is 12.8. The van der Waals surface area contributed by atoms with Crippen LogP contribution in [0, 0.1) is 0 Å². The summed E-state index contributed by atoms with van der Waals surface area (Å²) in [6, 6.07) is 23.8. The van der Waals surface area contributed by atoms with E-state index in [1.165, 1.54) is 0 Å². The summed E-state index contributed by atoms with van der Waals surface area (Å²) in [6.45, 7) is 2.35. The van der Waals surface area contributed by atoms with Gasteiger partial charge in [0.05, 0.1) is 23.9 Å². The second kappa shape index (κ2) is 9.66. The Kier molecular flexibility index (Phi) is 6.76. The molecule has 0 aliphatic carbocycles. The van der Waals surface area contributed by atoms with Gasteiger partial charge in [-0.1, -0.05) is 54.6 Å². The summed E-state index contributed by atoms with van der Waals surface area (Å²) in [5.74, 6) is -0.523. The number of methoxy groups -OCH3 is 1. The molecule has 5 nitrogen and oxygen atoms in total. The first kappa shape index (κ1) is 20.3. The molecule has 0 spiro atoms. The van der Waals surface area contributed by atoms with Crippen molar-refractivity contribution in [2.24, 2.45) is 0 Å². The van der Waals surface area contributed by atoms with Crippen LogP contribution in [0.1, 0.15) is 44.8 Å². The largest absolute Gasteiger partial charge is 0.380 e. The lowest BCUT2D eigenvalue weighted by Crippen LogP contribution is -2.28. The average molecular weight is 388 g/mol. The number of ether oxygens (including phenoxy) is 1. The Morgan fingerprint density at radius 3 is 2.38 bits per heavy atom. The highest BCUT2D eigenvalue weighted by atomic mass is 16.5. The van der Waals surface area contributed by atoms with Gasteiger partial charge in [-0.15, -0.1) is 0 Å². The molecule has 0 saturated heterocycles. The van der Waals surface area contributed by atoms with E-state index in [0.29, 0.717) is 23.4 Å². The van der Waals surface area contributed by atoms with Crippen LogP contribution in [0.5, 0.6) is 0 Å². The molecule has 148 valence electrons. The molecule has 1 unspecified atom stereocenters. The Morgan fingerprint density at radius 2 is 1.62 bits per heavy atom. The van der Waals surface area contributed by atoms with E-state index in [1.54, 1.807) is 43.5 Å². The molecule has 0 bridgehead atoms. The molecule has 0 aromatic heterocycles. The van der Waals surface area contributed by atoms with E-state index in [2.05, 4.69) is 10.6 Å². The van der Waals surface area contributed by atoms with E-state index >= 15 is 0 Å². The topological polar surface area (TPSA) is 67.4 Å². The van der Waals surface area contributed by atoms with E-state index in [4.69, 9.17) is 4.74 Å². The number of carbonyl (C=O) groups is 2. The Bertz CT molecular complexity index is 986. The molecule has 29 heavy (non-hydrogen) atoms. The number of benzene rings is 3. The minimum atomic E-state index is -0.278. The molecule has 0 radical (unpaired) electrons. The summed E-state index contributed by atoms with van der Waals surface area (Å²) in [7, 11) is 1.61. The number of rotatable bonds is 7. The van der Waals surface area contributed by atoms with Gasteiger partial charge < -0.3 is 15.4 Å². The van der Waals surface area contributed by atoms with E-state index in [-0.39, 0.29) is 17.9 Å². The highest BCUT2D eigenvalue weighted by Crippen LogP contribution is 2.19. The molecule has 0 heterocycles. The van der Waals surface area contributed by atoms with Gasteiger partial charge >= 0.3 is 0 Å². The zero-order valence-corrected chi connectivity index (χ0v) is 16.5. The number of carbonyl (C=O) groups excluding carboxylic acids is 2. The molecule has 2 N–H and O–H groups in total. The average Bonchev–Trinajstić information content (AvgIpc) is 2.75. The first-order valence-electron chi connectivity index (χ1n) is 9.42. The molecule has 0 saturated carbocycles. The van der Waals surface area contributed by atoms with Crippen LogP contribution in [0.2, 0.25) is 0 Å². The minimum absolute atomic E-state index is 0.154. The normalized spacial score (nSPS) is 11.5. The molecule has 3 aromatic carbocycles. The van der Waals surface area contributed by atoms with Gasteiger partial charge in [0.25, 0.3) is 11.8 Å². The van der Waals surface area contributed by atoms with E-state index < -0.39 is 0 Å². The van der Waals surface area contributed by atoms with Gasteiger partial charge in [0, 0.05) is 12.7 Å². The van der Waals surface area contributed by atoms with Crippen molar-refractivity contribution in [2.75, 3.05) is 12.4 Å². The molecule has 3 rings (SSSR count). The minimum Gasteiger partial charge on any atom is -0.380 e. The highest BCUT2D eigenvalue weighted by Gasteiger charge is 2.16. The number of hydrogen-bond acceptors (Lipinski definition) is 3. The third-order valence-corrected chi connectivity index (χ3v) is 4.57. The summed E-state index contributed by atoms with van der Waals surface area (Å²) in [5.41, 5.74) is 3.30. The number of para-hydroxylation sites is 1. The molecular formula is C24H24N2O3. The monoisotopic (exact) mass is 388 g/mol. The van der Waals surface area contributed by atoms with Crippen molar-refractivity contribution in [2.45, 2.75) is 19.6 Å². The summed E-state index contributed by atoms with van der Waals surface area (Å²) in [5, 5.41) is 5.83. The van der Waals surface area contributed by atoms with E-state index in [0.717, 1.165) is 11.1 Å². The van der Waals surface area contributed by atoms with Gasteiger partial charge in [0.2, 0.25) is 0 Å². The number of hydrogen-bond donors (Lipinski definition) is 2. The van der Waals surface area contributed by atoms with Gasteiger partial charge in [-0.05, 0) is 42.3 Å². The van der Waals surface area contributed by atoms with Crippen LogP contribution in [0.25, 0.3) is 0 Å². The quantitative estimate of drug-likeness (QED) is 0.623. The Labute approximate surface area is 170 Å². The molecule has 0 fully saturated rings. The zero-order chi connectivity index (χ0) is 20.6. The van der Waals surface area contributed by atoms with Crippen LogP contribution < -0.4 is 10.6 Å². The number of anilines is 1. The predicted octanol–water partition coefficient (Wildman–Crippen LogP) is 4.58. The molecule has 5 heteroatoms. The fourth-order valence-electron chi connectivity index (χ4n) is 3.05. The van der Waals surface area contributed by atoms with Gasteiger partial charge in [-0.25, -0.2) is 0 Å². The van der Waals surface area contributed by atoms with Crippen molar-refractivity contribution in [1.29, 1.82) is 0 Å². The number of amides is 2. The van der Waals surface area contributed by atoms with Crippen molar-refractivity contribution < 1.29 is 14.3 Å². The third-order valence-electron chi connectivity index (χ3n) is 4.57. The smallest absolute Gasteiger partial charge is 0.255 e. The van der Waals surface area contributed by atoms with Gasteiger partial charge in [0.15, 0.2) is 0 Å². The summed E-state index contributed by atoms with van der Waals surface area (Å²) in [6.07, 6.45) is 0. The van der Waals surface area contributed by atoms with Crippen LogP contribution in [0.3, 0.4) is 0 Å². The summed E-state index contributed by atoms with van der Waals surface area (Å²) >= 11 is 0. The second-order valence-electron chi connectivity index (χ2n) is 6.74. The van der Waals surface area contributed by atoms with Crippen molar-refractivity contribution >= 4 is 17.5 Å². The van der Waals surface area contributed by atoms with E-state index in [9.17, 15) is 9.59 Å². The maximum Gasteiger partial charge on any atom is 0.255 e. The van der Waals surface area contributed by atoms with Gasteiger partial charge in [0.1, 0.15) is 0 Å². The van der Waals surface area contributed by atoms with Crippen LogP contribution in [-0.2, 0) is 11.3 Å². The molecule has 2 amide bonds. The number of nitrogens with one attached hydrogen (secondary N) is 2. The van der Waals surface area contributed by atoms with Crippen LogP contribution in [-0.4, -0.2) is 18.9 Å². The van der Waals surface area contributed by atoms with Crippen LogP contribution in [0.4, 0.5) is 5.69 Å². The highest BCUT2D eigenvalue weighted by molar-refractivity contribution is 6.09. The summed E-state index contributed by atoms with van der Waals surface area (Å²) in [4.78, 5) is 25.5. The van der Waals surface area contributed by atoms with Crippen molar-refractivity contribution in [3.8, 4) is 0 Å². The van der Waals surface area contributed by atoms with Crippen molar-refractivity contribution in [1.82, 2.24) is 5.32 Å². The maximum atomic E-state index is 12.8. The standard InChI is InChI=1S/C24H24N2O3/c1-17(19-10-4-3-5-11-19)25-24(28)21-13-6-7-14-22(21)26-23(27)20-12-8-9-18(15-20)16-29-2/h3-15,17H,16H2,1-2H3,(H,25,28)(H,26,27). The SMILES string of the molecule is COCc1cccc(C(=O)Nc2ccccc2C(=O)NC(C)c2ccccc2)c1. The fraction of sp³-hybridized carbons (Fsp3) is 0.167. The molecule has 0 aliphatic heterocycles. The Balaban J connectivity index is 1.75. The Morgan fingerprint density at radius 1 is 0.897 bits per heavy atom. The summed E-state index contributed by atoms with van der Waals surface area (Å²) < 4.78 is 5.12. The first-order chi connectivity index (χ1) is 14.1. The van der Waals surface area contributed by atoms with Crippen molar-refractivity contribution in [3.63, 3.8) is 0 Å². The fourth-order valence-corrected chi connectivity index (χ4v) is 3.05. The van der Waals surface area contributed by atoms with Crippen LogP contribution >= 0.6 is 0 Å². The lowest BCUT2D eigenvalue weighted by atomic mass is 10.1. The van der Waals surface area contributed by atoms with Gasteiger partial charge in [-0.2, -0.15) is 0 Å². The Hall–Kier alpha value is -3.44. The lowest BCUT2D eigenvalue weighted by Gasteiger charge is -2.16. The van der Waals surface area contributed by atoms with E-state index in [1.807, 2.05) is 49.4 Å². The molecule has 0 aliphatic rings. The second-order valence-corrected chi connectivity index (χ2v) is 6.74. The van der Waals surface area contributed by atoms with Crippen molar-refractivity contribution in [3.05, 3.63) is 101 Å². The van der Waals surface area contributed by atoms with Crippen LogP contribution in [0.15, 0.2) is 78.9 Å². The third kappa shape index (κ3) is 5.30.